The van der Waals surface area contributed by atoms with Crippen LogP contribution in [0.25, 0.3) is 5.69 Å². The molecule has 0 aliphatic heterocycles. The zero-order valence-electron chi connectivity index (χ0n) is 14.4. The molecule has 3 atom stereocenters. The summed E-state index contributed by atoms with van der Waals surface area (Å²) in [5.74, 6) is 1.50. The van der Waals surface area contributed by atoms with E-state index in [4.69, 9.17) is 11.6 Å². The zero-order chi connectivity index (χ0) is 17.8. The van der Waals surface area contributed by atoms with Gasteiger partial charge in [0.25, 0.3) is 0 Å². The molecule has 1 aromatic heterocycles. The highest BCUT2D eigenvalue weighted by atomic mass is 35.5. The van der Waals surface area contributed by atoms with Crippen LogP contribution in [0, 0.1) is 11.8 Å². The highest BCUT2D eigenvalue weighted by Gasteiger charge is 2.28. The fraction of sp³-hybridized carbons (Fsp3) is 0.529. The second-order valence-electron chi connectivity index (χ2n) is 6.58. The van der Waals surface area contributed by atoms with E-state index in [1.165, 1.54) is 24.6 Å². The zero-order valence-corrected chi connectivity index (χ0v) is 15.9. The number of hydrogen-bond donors (Lipinski definition) is 1. The smallest absolute Gasteiger partial charge is 0.230 e. The average Bonchev–Trinajstić information content (AvgIpc) is 3.06. The number of hydrogen-bond acceptors (Lipinski definition) is 5. The summed E-state index contributed by atoms with van der Waals surface area (Å²) in [6, 6.07) is 7.52. The molecule has 3 rings (SSSR count). The van der Waals surface area contributed by atoms with Gasteiger partial charge in [-0.1, -0.05) is 50.1 Å². The summed E-state index contributed by atoms with van der Waals surface area (Å²) in [6.45, 7) is 4.49. The Morgan fingerprint density at radius 3 is 2.84 bits per heavy atom. The summed E-state index contributed by atoms with van der Waals surface area (Å²) in [5.41, 5.74) is 0.812. The van der Waals surface area contributed by atoms with Crippen LogP contribution in [0.4, 0.5) is 0 Å². The van der Waals surface area contributed by atoms with E-state index in [-0.39, 0.29) is 11.9 Å². The first-order chi connectivity index (χ1) is 12.0. The van der Waals surface area contributed by atoms with Crippen molar-refractivity contribution >= 4 is 29.3 Å². The van der Waals surface area contributed by atoms with Crippen LogP contribution in [0.2, 0.25) is 5.02 Å². The lowest BCUT2D eigenvalue weighted by Gasteiger charge is -2.34. The Morgan fingerprint density at radius 2 is 2.08 bits per heavy atom. The number of halogens is 1. The van der Waals surface area contributed by atoms with Crippen molar-refractivity contribution in [1.82, 2.24) is 25.5 Å². The number of aromatic nitrogens is 4. The molecule has 1 N–H and O–H groups in total. The van der Waals surface area contributed by atoms with Gasteiger partial charge in [-0.05, 0) is 52.9 Å². The number of carbonyl (C=O) groups is 1. The molecule has 6 nitrogen and oxygen atoms in total. The maximum Gasteiger partial charge on any atom is 0.230 e. The Labute approximate surface area is 156 Å². The predicted molar refractivity (Wildman–Crippen MR) is 99.0 cm³/mol. The number of tetrazole rings is 1. The standard InChI is InChI=1S/C17H22ClN5OS/c1-11-4-3-5-15(12(11)2)19-16(24)10-25-17-20-21-22-23(17)14-8-6-13(18)7-9-14/h6-9,11-12,15H,3-5,10H2,1-2H3,(H,19,24)/t11-,12+,15-/m0/s1. The number of amides is 1. The van der Waals surface area contributed by atoms with Gasteiger partial charge in [-0.15, -0.1) is 5.10 Å². The molecule has 1 amide bonds. The van der Waals surface area contributed by atoms with Crippen LogP contribution in [0.15, 0.2) is 29.4 Å². The minimum Gasteiger partial charge on any atom is -0.352 e. The molecule has 2 aromatic rings. The van der Waals surface area contributed by atoms with Crippen LogP contribution in [-0.4, -0.2) is 37.9 Å². The topological polar surface area (TPSA) is 72.7 Å². The van der Waals surface area contributed by atoms with Crippen LogP contribution in [-0.2, 0) is 4.79 Å². The van der Waals surface area contributed by atoms with E-state index >= 15 is 0 Å². The van der Waals surface area contributed by atoms with Crippen molar-refractivity contribution in [3.8, 4) is 5.69 Å². The maximum atomic E-state index is 12.3. The molecule has 25 heavy (non-hydrogen) atoms. The summed E-state index contributed by atoms with van der Waals surface area (Å²) in [6.07, 6.45) is 3.49. The number of nitrogens with one attached hydrogen (secondary N) is 1. The van der Waals surface area contributed by atoms with Gasteiger partial charge in [-0.25, -0.2) is 0 Å². The van der Waals surface area contributed by atoms with Crippen LogP contribution < -0.4 is 5.32 Å². The highest BCUT2D eigenvalue weighted by molar-refractivity contribution is 7.99. The van der Waals surface area contributed by atoms with Crippen LogP contribution in [0.5, 0.6) is 0 Å². The van der Waals surface area contributed by atoms with Gasteiger partial charge in [0.2, 0.25) is 11.1 Å². The Hall–Kier alpha value is -1.60. The molecule has 1 aliphatic rings. The quantitative estimate of drug-likeness (QED) is 0.806. The van der Waals surface area contributed by atoms with E-state index in [9.17, 15) is 4.79 Å². The third-order valence-corrected chi connectivity index (χ3v) is 6.07. The van der Waals surface area contributed by atoms with Crippen molar-refractivity contribution in [2.24, 2.45) is 11.8 Å². The van der Waals surface area contributed by atoms with Gasteiger partial charge < -0.3 is 5.32 Å². The van der Waals surface area contributed by atoms with Crippen molar-refractivity contribution in [3.05, 3.63) is 29.3 Å². The summed E-state index contributed by atoms with van der Waals surface area (Å²) < 4.78 is 1.61. The average molecular weight is 380 g/mol. The molecule has 1 aliphatic carbocycles. The van der Waals surface area contributed by atoms with E-state index in [1.807, 2.05) is 12.1 Å². The molecule has 0 spiro atoms. The Bertz CT molecular complexity index is 720. The first-order valence-corrected chi connectivity index (χ1v) is 9.87. The molecular formula is C17H22ClN5OS. The van der Waals surface area contributed by atoms with Gasteiger partial charge in [0.05, 0.1) is 11.4 Å². The van der Waals surface area contributed by atoms with Gasteiger partial charge >= 0.3 is 0 Å². The van der Waals surface area contributed by atoms with Gasteiger partial charge in [0, 0.05) is 11.1 Å². The summed E-state index contributed by atoms with van der Waals surface area (Å²) in [4.78, 5) is 12.3. The third kappa shape index (κ3) is 4.52. The van der Waals surface area contributed by atoms with Crippen molar-refractivity contribution in [1.29, 1.82) is 0 Å². The number of rotatable bonds is 5. The third-order valence-electron chi connectivity index (χ3n) is 4.90. The Kier molecular flexibility index (Phi) is 5.96. The molecule has 1 fully saturated rings. The molecule has 0 bridgehead atoms. The largest absolute Gasteiger partial charge is 0.352 e. The van der Waals surface area contributed by atoms with Crippen molar-refractivity contribution in [3.63, 3.8) is 0 Å². The SMILES string of the molecule is C[C@H]1[C@@H](NC(=O)CSc2nnnn2-c2ccc(Cl)cc2)CCC[C@@H]1C. The van der Waals surface area contributed by atoms with E-state index in [0.29, 0.717) is 27.8 Å². The van der Waals surface area contributed by atoms with E-state index in [0.717, 1.165) is 12.1 Å². The summed E-state index contributed by atoms with van der Waals surface area (Å²) in [7, 11) is 0. The predicted octanol–water partition coefficient (Wildman–Crippen LogP) is 3.35. The van der Waals surface area contributed by atoms with E-state index in [1.54, 1.807) is 16.8 Å². The fourth-order valence-corrected chi connectivity index (χ4v) is 4.01. The number of carbonyl (C=O) groups excluding carboxylic acids is 1. The van der Waals surface area contributed by atoms with Crippen LogP contribution in [0.1, 0.15) is 33.1 Å². The molecule has 1 saturated carbocycles. The first kappa shape index (κ1) is 18.2. The Balaban J connectivity index is 1.58. The summed E-state index contributed by atoms with van der Waals surface area (Å²) >= 11 is 7.24. The molecular weight excluding hydrogens is 358 g/mol. The second kappa shape index (κ2) is 8.19. The molecule has 1 heterocycles. The van der Waals surface area contributed by atoms with Crippen molar-refractivity contribution in [2.75, 3.05) is 5.75 Å². The van der Waals surface area contributed by atoms with Gasteiger partial charge in [-0.2, -0.15) is 4.68 Å². The lowest BCUT2D eigenvalue weighted by Crippen LogP contribution is -2.44. The van der Waals surface area contributed by atoms with Crippen molar-refractivity contribution in [2.45, 2.75) is 44.3 Å². The van der Waals surface area contributed by atoms with E-state index in [2.05, 4.69) is 34.7 Å². The number of benzene rings is 1. The van der Waals surface area contributed by atoms with Gasteiger partial charge in [0.1, 0.15) is 0 Å². The van der Waals surface area contributed by atoms with Crippen molar-refractivity contribution < 1.29 is 4.79 Å². The monoisotopic (exact) mass is 379 g/mol. The molecule has 8 heteroatoms. The minimum atomic E-state index is 0.0293. The number of nitrogens with zero attached hydrogens (tertiary/aromatic N) is 4. The van der Waals surface area contributed by atoms with Gasteiger partial charge in [0.15, 0.2) is 0 Å². The maximum absolute atomic E-state index is 12.3. The van der Waals surface area contributed by atoms with Gasteiger partial charge in [-0.3, -0.25) is 4.79 Å². The minimum absolute atomic E-state index is 0.0293. The molecule has 134 valence electrons. The fourth-order valence-electron chi connectivity index (χ4n) is 3.18. The molecule has 0 radical (unpaired) electrons. The molecule has 0 saturated heterocycles. The second-order valence-corrected chi connectivity index (χ2v) is 7.96. The normalized spacial score (nSPS) is 23.4. The first-order valence-electron chi connectivity index (χ1n) is 8.51. The summed E-state index contributed by atoms with van der Waals surface area (Å²) in [5, 5.41) is 16.1. The molecule has 1 aromatic carbocycles. The lowest BCUT2D eigenvalue weighted by molar-refractivity contribution is -0.120. The molecule has 0 unspecified atom stereocenters. The van der Waals surface area contributed by atoms with E-state index < -0.39 is 0 Å². The number of thioether (sulfide) groups is 1. The lowest BCUT2D eigenvalue weighted by atomic mass is 9.78. The highest BCUT2D eigenvalue weighted by Crippen LogP contribution is 2.29. The Morgan fingerprint density at radius 1 is 1.32 bits per heavy atom. The van der Waals surface area contributed by atoms with Crippen LogP contribution in [0.3, 0.4) is 0 Å². The van der Waals surface area contributed by atoms with Crippen LogP contribution >= 0.6 is 23.4 Å².